The number of unbranched alkanes of at least 4 members (excludes halogenated alkanes) is 2. The second-order valence-corrected chi connectivity index (χ2v) is 9.50. The largest absolute Gasteiger partial charge is 0.378 e. The standard InChI is InChI=1S/C25H42O5/c1-2-3-4-9-19(29-24-10-5-7-15-27-24)12-13-20-21-14-17-26-22(21)18-23(20)30-25-11-6-8-16-28-25/h12-13,19-25H,2-11,14-18H2,1H3/b13-12+/t19?,20-,21-,22+,23-,24?,25?/m1/s1. The van der Waals surface area contributed by atoms with Gasteiger partial charge in [0.2, 0.25) is 0 Å². The summed E-state index contributed by atoms with van der Waals surface area (Å²) in [4.78, 5) is 0. The first-order valence-electron chi connectivity index (χ1n) is 12.7. The molecule has 4 aliphatic rings. The van der Waals surface area contributed by atoms with Gasteiger partial charge in [-0.05, 0) is 57.3 Å². The van der Waals surface area contributed by atoms with Gasteiger partial charge in [0.15, 0.2) is 12.6 Å². The molecule has 1 aliphatic carbocycles. The normalized spacial score (nSPS) is 38.2. The fourth-order valence-electron chi connectivity index (χ4n) is 5.51. The van der Waals surface area contributed by atoms with Crippen molar-refractivity contribution < 1.29 is 23.7 Å². The highest BCUT2D eigenvalue weighted by Crippen LogP contribution is 2.44. The molecule has 30 heavy (non-hydrogen) atoms. The van der Waals surface area contributed by atoms with Crippen LogP contribution in [0.2, 0.25) is 0 Å². The molecule has 4 fully saturated rings. The minimum absolute atomic E-state index is 0.0364. The van der Waals surface area contributed by atoms with E-state index in [1.807, 2.05) is 0 Å². The lowest BCUT2D eigenvalue weighted by atomic mass is 9.91. The van der Waals surface area contributed by atoms with E-state index in [4.69, 9.17) is 23.7 Å². The molecule has 3 saturated heterocycles. The van der Waals surface area contributed by atoms with E-state index < -0.39 is 0 Å². The van der Waals surface area contributed by atoms with Crippen molar-refractivity contribution in [1.29, 1.82) is 0 Å². The molecule has 0 aromatic carbocycles. The Bertz CT molecular complexity index is 512. The van der Waals surface area contributed by atoms with E-state index in [9.17, 15) is 0 Å². The molecule has 1 saturated carbocycles. The molecular formula is C25H42O5. The third kappa shape index (κ3) is 6.29. The molecule has 172 valence electrons. The van der Waals surface area contributed by atoms with E-state index in [-0.39, 0.29) is 24.8 Å². The minimum atomic E-state index is -0.0381. The van der Waals surface area contributed by atoms with Gasteiger partial charge in [-0.15, -0.1) is 0 Å². The first kappa shape index (κ1) is 22.7. The van der Waals surface area contributed by atoms with Gasteiger partial charge >= 0.3 is 0 Å². The molecule has 3 heterocycles. The zero-order valence-electron chi connectivity index (χ0n) is 18.8. The monoisotopic (exact) mass is 422 g/mol. The predicted molar refractivity (Wildman–Crippen MR) is 116 cm³/mol. The van der Waals surface area contributed by atoms with Gasteiger partial charge in [-0.25, -0.2) is 0 Å². The zero-order chi connectivity index (χ0) is 20.6. The number of hydrogen-bond acceptors (Lipinski definition) is 5. The fourth-order valence-corrected chi connectivity index (χ4v) is 5.51. The molecule has 7 atom stereocenters. The predicted octanol–water partition coefficient (Wildman–Crippen LogP) is 5.37. The summed E-state index contributed by atoms with van der Waals surface area (Å²) in [6.07, 6.45) is 19.0. The topological polar surface area (TPSA) is 46.2 Å². The zero-order valence-corrected chi connectivity index (χ0v) is 18.8. The molecule has 0 aromatic rings. The van der Waals surface area contributed by atoms with Crippen molar-refractivity contribution in [1.82, 2.24) is 0 Å². The van der Waals surface area contributed by atoms with E-state index in [2.05, 4.69) is 19.1 Å². The van der Waals surface area contributed by atoms with Crippen molar-refractivity contribution in [2.75, 3.05) is 19.8 Å². The maximum absolute atomic E-state index is 6.46. The Hall–Kier alpha value is -0.460. The first-order valence-corrected chi connectivity index (χ1v) is 12.7. The van der Waals surface area contributed by atoms with Crippen LogP contribution in [-0.4, -0.2) is 50.7 Å². The number of ether oxygens (including phenoxy) is 5. The van der Waals surface area contributed by atoms with Crippen LogP contribution in [0.4, 0.5) is 0 Å². The summed E-state index contributed by atoms with van der Waals surface area (Å²) in [5.74, 6) is 0.963. The number of hydrogen-bond donors (Lipinski definition) is 0. The molecule has 0 spiro atoms. The molecule has 5 heteroatoms. The Balaban J connectivity index is 1.38. The summed E-state index contributed by atoms with van der Waals surface area (Å²) in [7, 11) is 0. The molecule has 4 rings (SSSR count). The number of fused-ring (bicyclic) bond motifs is 1. The van der Waals surface area contributed by atoms with Crippen LogP contribution in [0, 0.1) is 11.8 Å². The van der Waals surface area contributed by atoms with E-state index in [0.29, 0.717) is 17.9 Å². The lowest BCUT2D eigenvalue weighted by Crippen LogP contribution is -2.31. The van der Waals surface area contributed by atoms with Crippen molar-refractivity contribution in [2.24, 2.45) is 11.8 Å². The summed E-state index contributed by atoms with van der Waals surface area (Å²) in [6, 6.07) is 0. The fraction of sp³-hybridized carbons (Fsp3) is 0.920. The Morgan fingerprint density at radius 3 is 2.43 bits per heavy atom. The molecule has 0 N–H and O–H groups in total. The van der Waals surface area contributed by atoms with E-state index in [1.54, 1.807) is 0 Å². The summed E-state index contributed by atoms with van der Waals surface area (Å²) < 4.78 is 30.6. The van der Waals surface area contributed by atoms with Crippen LogP contribution < -0.4 is 0 Å². The SMILES string of the molecule is CCCCCC(/C=C/[C@@H]1[C@H]2CCO[C@H]2C[C@H]1OC1CCCCO1)OC1CCCCO1. The molecule has 0 radical (unpaired) electrons. The highest BCUT2D eigenvalue weighted by atomic mass is 16.7. The average molecular weight is 423 g/mol. The Kier molecular flexibility index (Phi) is 9.06. The van der Waals surface area contributed by atoms with E-state index >= 15 is 0 Å². The second kappa shape index (κ2) is 12.0. The molecular weight excluding hydrogens is 380 g/mol. The third-order valence-corrected chi connectivity index (χ3v) is 7.22. The lowest BCUT2D eigenvalue weighted by Gasteiger charge is -2.29. The molecule has 0 bridgehead atoms. The smallest absolute Gasteiger partial charge is 0.158 e. The van der Waals surface area contributed by atoms with Gasteiger partial charge < -0.3 is 23.7 Å². The maximum Gasteiger partial charge on any atom is 0.158 e. The highest BCUT2D eigenvalue weighted by molar-refractivity contribution is 5.07. The van der Waals surface area contributed by atoms with Gasteiger partial charge in [-0.2, -0.15) is 0 Å². The van der Waals surface area contributed by atoms with Gasteiger partial charge in [0, 0.05) is 32.2 Å². The van der Waals surface area contributed by atoms with E-state index in [0.717, 1.165) is 64.8 Å². The van der Waals surface area contributed by atoms with Gasteiger partial charge in [-0.3, -0.25) is 0 Å². The summed E-state index contributed by atoms with van der Waals surface area (Å²) in [5.41, 5.74) is 0. The Labute approximate surface area is 182 Å². The van der Waals surface area contributed by atoms with Crippen LogP contribution in [0.3, 0.4) is 0 Å². The van der Waals surface area contributed by atoms with Crippen LogP contribution in [0.25, 0.3) is 0 Å². The quantitative estimate of drug-likeness (QED) is 0.350. The Morgan fingerprint density at radius 1 is 0.900 bits per heavy atom. The van der Waals surface area contributed by atoms with Gasteiger partial charge in [0.1, 0.15) is 0 Å². The van der Waals surface area contributed by atoms with Crippen molar-refractivity contribution in [3.63, 3.8) is 0 Å². The van der Waals surface area contributed by atoms with Crippen LogP contribution in [-0.2, 0) is 23.7 Å². The van der Waals surface area contributed by atoms with Crippen molar-refractivity contribution in [3.05, 3.63) is 12.2 Å². The van der Waals surface area contributed by atoms with Crippen LogP contribution in [0.5, 0.6) is 0 Å². The minimum Gasteiger partial charge on any atom is -0.378 e. The maximum atomic E-state index is 6.46. The Morgan fingerprint density at radius 2 is 1.70 bits per heavy atom. The van der Waals surface area contributed by atoms with Crippen LogP contribution in [0.1, 0.15) is 84.0 Å². The van der Waals surface area contributed by atoms with E-state index in [1.165, 1.54) is 32.1 Å². The third-order valence-electron chi connectivity index (χ3n) is 7.22. The molecule has 0 aromatic heterocycles. The number of rotatable bonds is 10. The van der Waals surface area contributed by atoms with Crippen molar-refractivity contribution >= 4 is 0 Å². The van der Waals surface area contributed by atoms with Crippen LogP contribution >= 0.6 is 0 Å². The van der Waals surface area contributed by atoms with Gasteiger partial charge in [0.05, 0.1) is 18.3 Å². The lowest BCUT2D eigenvalue weighted by molar-refractivity contribution is -0.194. The molecule has 3 aliphatic heterocycles. The summed E-state index contributed by atoms with van der Waals surface area (Å²) >= 11 is 0. The average Bonchev–Trinajstić information content (AvgIpc) is 3.35. The molecule has 0 amide bonds. The van der Waals surface area contributed by atoms with Crippen molar-refractivity contribution in [2.45, 2.75) is 115 Å². The van der Waals surface area contributed by atoms with Gasteiger partial charge in [-0.1, -0.05) is 38.3 Å². The first-order chi connectivity index (χ1) is 14.8. The van der Waals surface area contributed by atoms with Crippen LogP contribution in [0.15, 0.2) is 12.2 Å². The van der Waals surface area contributed by atoms with Gasteiger partial charge in [0.25, 0.3) is 0 Å². The summed E-state index contributed by atoms with van der Waals surface area (Å²) in [6.45, 7) is 4.80. The second-order valence-electron chi connectivity index (χ2n) is 9.50. The molecule has 3 unspecified atom stereocenters. The van der Waals surface area contributed by atoms with Crippen molar-refractivity contribution in [3.8, 4) is 0 Å². The molecule has 5 nitrogen and oxygen atoms in total. The summed E-state index contributed by atoms with van der Waals surface area (Å²) in [5, 5.41) is 0. The highest BCUT2D eigenvalue weighted by Gasteiger charge is 2.46.